The number of aliphatic carboxylic acids is 1. The van der Waals surface area contributed by atoms with E-state index in [2.05, 4.69) is 26.6 Å². The maximum atomic E-state index is 13.1. The Bertz CT molecular complexity index is 510. The highest BCUT2D eigenvalue weighted by Gasteiger charge is 2.25. The maximum Gasteiger partial charge on any atom is 0.326 e. The summed E-state index contributed by atoms with van der Waals surface area (Å²) >= 11 is 3.00. The van der Waals surface area contributed by atoms with E-state index in [0.717, 1.165) is 0 Å². The molecule has 0 aliphatic carbocycles. The molecule has 5 nitrogen and oxygen atoms in total. The predicted molar refractivity (Wildman–Crippen MR) is 77.1 cm³/mol. The quantitative estimate of drug-likeness (QED) is 0.765. The highest BCUT2D eigenvalue weighted by atomic mass is 79.9. The zero-order valence-electron chi connectivity index (χ0n) is 11.1. The van der Waals surface area contributed by atoms with Gasteiger partial charge in [-0.2, -0.15) is 0 Å². The molecule has 3 N–H and O–H groups in total. The Hall–Kier alpha value is -1.63. The van der Waals surface area contributed by atoms with Crippen molar-refractivity contribution in [3.63, 3.8) is 0 Å². The number of amides is 2. The predicted octanol–water partition coefficient (Wildman–Crippen LogP) is 3.21. The number of rotatable bonds is 5. The summed E-state index contributed by atoms with van der Waals surface area (Å²) < 4.78 is 13.3. The third-order valence-electron chi connectivity index (χ3n) is 2.94. The first-order valence-corrected chi connectivity index (χ1v) is 6.89. The normalized spacial score (nSPS) is 13.4. The van der Waals surface area contributed by atoms with Crippen molar-refractivity contribution < 1.29 is 19.1 Å². The highest BCUT2D eigenvalue weighted by Crippen LogP contribution is 2.20. The fraction of sp³-hybridized carbons (Fsp3) is 0.385. The number of carboxylic acids is 1. The van der Waals surface area contributed by atoms with E-state index in [1.807, 2.05) is 6.92 Å². The third kappa shape index (κ3) is 4.48. The van der Waals surface area contributed by atoms with E-state index in [9.17, 15) is 14.0 Å². The topological polar surface area (TPSA) is 78.4 Å². The number of carboxylic acid groups (broad SMARTS) is 1. The Labute approximate surface area is 124 Å². The van der Waals surface area contributed by atoms with E-state index >= 15 is 0 Å². The van der Waals surface area contributed by atoms with E-state index in [1.165, 1.54) is 18.2 Å². The van der Waals surface area contributed by atoms with E-state index < -0.39 is 23.9 Å². The highest BCUT2D eigenvalue weighted by molar-refractivity contribution is 9.10. The van der Waals surface area contributed by atoms with Crippen LogP contribution < -0.4 is 10.6 Å². The minimum absolute atomic E-state index is 0.196. The van der Waals surface area contributed by atoms with Crippen LogP contribution in [0.4, 0.5) is 14.9 Å². The van der Waals surface area contributed by atoms with Crippen molar-refractivity contribution in [1.82, 2.24) is 5.32 Å². The number of carbonyl (C=O) groups is 2. The van der Waals surface area contributed by atoms with Crippen molar-refractivity contribution in [2.75, 3.05) is 5.32 Å². The summed E-state index contributed by atoms with van der Waals surface area (Å²) in [4.78, 5) is 22.8. The van der Waals surface area contributed by atoms with Gasteiger partial charge in [0.05, 0.1) is 4.47 Å². The average Bonchev–Trinajstić information content (AvgIpc) is 2.39. The number of benzene rings is 1. The first-order valence-electron chi connectivity index (χ1n) is 6.10. The molecule has 20 heavy (non-hydrogen) atoms. The Morgan fingerprint density at radius 2 is 2.10 bits per heavy atom. The fourth-order valence-electron chi connectivity index (χ4n) is 1.57. The molecule has 0 spiro atoms. The molecule has 0 fully saturated rings. The molecule has 0 saturated heterocycles. The lowest BCUT2D eigenvalue weighted by Crippen LogP contribution is -2.46. The van der Waals surface area contributed by atoms with Gasteiger partial charge >= 0.3 is 12.0 Å². The van der Waals surface area contributed by atoms with Gasteiger partial charge in [0.2, 0.25) is 0 Å². The number of hydrogen-bond acceptors (Lipinski definition) is 2. The van der Waals surface area contributed by atoms with Gasteiger partial charge in [0.25, 0.3) is 0 Å². The number of carbonyl (C=O) groups excluding carboxylic acids is 1. The maximum absolute atomic E-state index is 13.1. The lowest BCUT2D eigenvalue weighted by Gasteiger charge is -2.20. The van der Waals surface area contributed by atoms with Gasteiger partial charge in [-0.3, -0.25) is 0 Å². The van der Waals surface area contributed by atoms with Crippen LogP contribution in [-0.2, 0) is 4.79 Å². The molecule has 0 aliphatic rings. The molecule has 0 saturated carbocycles. The molecule has 1 unspecified atom stereocenters. The number of hydrogen-bond donors (Lipinski definition) is 3. The summed E-state index contributed by atoms with van der Waals surface area (Å²) in [5.74, 6) is -1.73. The zero-order chi connectivity index (χ0) is 15.3. The minimum Gasteiger partial charge on any atom is -0.480 e. The summed E-state index contributed by atoms with van der Waals surface area (Å²) in [6.45, 7) is 3.59. The van der Waals surface area contributed by atoms with Crippen LogP contribution >= 0.6 is 15.9 Å². The molecule has 0 radical (unpaired) electrons. The molecule has 0 aromatic heterocycles. The number of nitrogens with one attached hydrogen (secondary N) is 2. The van der Waals surface area contributed by atoms with Gasteiger partial charge in [0.1, 0.15) is 11.9 Å². The van der Waals surface area contributed by atoms with Gasteiger partial charge in [-0.1, -0.05) is 20.3 Å². The van der Waals surface area contributed by atoms with Crippen molar-refractivity contribution in [3.8, 4) is 0 Å². The molecule has 0 aliphatic heterocycles. The molecule has 0 bridgehead atoms. The van der Waals surface area contributed by atoms with Gasteiger partial charge in [0, 0.05) is 5.69 Å². The van der Waals surface area contributed by atoms with Gasteiger partial charge in [-0.25, -0.2) is 14.0 Å². The van der Waals surface area contributed by atoms with E-state index in [1.54, 1.807) is 6.92 Å². The van der Waals surface area contributed by atoms with Crippen LogP contribution in [0.3, 0.4) is 0 Å². The van der Waals surface area contributed by atoms with E-state index in [4.69, 9.17) is 5.11 Å². The first-order chi connectivity index (χ1) is 9.35. The van der Waals surface area contributed by atoms with Crippen LogP contribution in [-0.4, -0.2) is 23.1 Å². The molecule has 1 rings (SSSR count). The number of urea groups is 1. The van der Waals surface area contributed by atoms with Gasteiger partial charge in [-0.05, 0) is 40.0 Å². The number of halogens is 2. The van der Waals surface area contributed by atoms with Gasteiger partial charge in [0.15, 0.2) is 0 Å². The molecule has 2 amide bonds. The summed E-state index contributed by atoms with van der Waals surface area (Å²) in [6, 6.07) is 2.37. The third-order valence-corrected chi connectivity index (χ3v) is 3.55. The van der Waals surface area contributed by atoms with Crippen molar-refractivity contribution in [3.05, 3.63) is 28.5 Å². The molecule has 7 heteroatoms. The monoisotopic (exact) mass is 346 g/mol. The van der Waals surface area contributed by atoms with E-state index in [0.29, 0.717) is 12.1 Å². The lowest BCUT2D eigenvalue weighted by atomic mass is 9.99. The molecule has 1 aromatic carbocycles. The minimum atomic E-state index is -1.09. The molecule has 0 heterocycles. The second-order valence-corrected chi connectivity index (χ2v) is 5.28. The summed E-state index contributed by atoms with van der Waals surface area (Å²) in [5, 5.41) is 13.9. The van der Waals surface area contributed by atoms with Crippen LogP contribution in [0.15, 0.2) is 22.7 Å². The Morgan fingerprint density at radius 3 is 2.60 bits per heavy atom. The smallest absolute Gasteiger partial charge is 0.326 e. The Kier molecular flexibility index (Phi) is 5.94. The second-order valence-electron chi connectivity index (χ2n) is 4.43. The summed E-state index contributed by atoms with van der Waals surface area (Å²) in [6.07, 6.45) is 0.624. The van der Waals surface area contributed by atoms with Crippen LogP contribution in [0, 0.1) is 11.7 Å². The standard InChI is InChI=1S/C13H16BrFN2O3/c1-3-7(2)11(12(18)19)17-13(20)16-8-4-5-10(15)9(14)6-8/h4-7,11H,3H2,1-2H3,(H,18,19)(H2,16,17,20)/t7?,11-/m0/s1. The van der Waals surface area contributed by atoms with Crippen molar-refractivity contribution >= 4 is 33.6 Å². The molecule has 110 valence electrons. The van der Waals surface area contributed by atoms with Gasteiger partial charge < -0.3 is 15.7 Å². The van der Waals surface area contributed by atoms with Crippen LogP contribution in [0.25, 0.3) is 0 Å². The summed E-state index contributed by atoms with van der Waals surface area (Å²) in [5.41, 5.74) is 0.365. The second kappa shape index (κ2) is 7.23. The molecule has 2 atom stereocenters. The molecular weight excluding hydrogens is 331 g/mol. The molecular formula is C13H16BrFN2O3. The van der Waals surface area contributed by atoms with E-state index in [-0.39, 0.29) is 10.4 Å². The zero-order valence-corrected chi connectivity index (χ0v) is 12.7. The average molecular weight is 347 g/mol. The lowest BCUT2D eigenvalue weighted by molar-refractivity contribution is -0.140. The summed E-state index contributed by atoms with van der Waals surface area (Å²) in [7, 11) is 0. The largest absolute Gasteiger partial charge is 0.480 e. The Morgan fingerprint density at radius 1 is 1.45 bits per heavy atom. The Balaban J connectivity index is 2.70. The van der Waals surface area contributed by atoms with Crippen LogP contribution in [0.5, 0.6) is 0 Å². The molecule has 1 aromatic rings. The SMILES string of the molecule is CCC(C)[C@H](NC(=O)Nc1ccc(F)c(Br)c1)C(=O)O. The van der Waals surface area contributed by atoms with Crippen molar-refractivity contribution in [2.24, 2.45) is 5.92 Å². The van der Waals surface area contributed by atoms with Crippen LogP contribution in [0.1, 0.15) is 20.3 Å². The first kappa shape index (κ1) is 16.4. The number of anilines is 1. The van der Waals surface area contributed by atoms with Gasteiger partial charge in [-0.15, -0.1) is 0 Å². The van der Waals surface area contributed by atoms with Crippen LogP contribution in [0.2, 0.25) is 0 Å². The fourth-order valence-corrected chi connectivity index (χ4v) is 1.94. The van der Waals surface area contributed by atoms with Crippen molar-refractivity contribution in [2.45, 2.75) is 26.3 Å². The van der Waals surface area contributed by atoms with Crippen molar-refractivity contribution in [1.29, 1.82) is 0 Å².